The molecule has 1 saturated carbocycles. The van der Waals surface area contributed by atoms with Crippen molar-refractivity contribution >= 4 is 5.91 Å². The van der Waals surface area contributed by atoms with Crippen LogP contribution in [0.25, 0.3) is 0 Å². The molecule has 2 atom stereocenters. The number of ether oxygens (including phenoxy) is 1. The first kappa shape index (κ1) is 16.0. The number of nitrogens with two attached hydrogens (primary N) is 1. The van der Waals surface area contributed by atoms with E-state index in [1.807, 2.05) is 35.2 Å². The SMILES string of the molecule is COCCN(C(=O)[C@@H](N)Cc1ccccc1)C(C)C1CC1. The van der Waals surface area contributed by atoms with Crippen molar-refractivity contribution in [3.63, 3.8) is 0 Å². The molecule has 0 heterocycles. The number of amides is 1. The van der Waals surface area contributed by atoms with E-state index < -0.39 is 6.04 Å². The van der Waals surface area contributed by atoms with Crippen molar-refractivity contribution in [1.82, 2.24) is 4.90 Å². The van der Waals surface area contributed by atoms with Crippen molar-refractivity contribution in [2.45, 2.75) is 38.3 Å². The zero-order chi connectivity index (χ0) is 15.2. The molecule has 1 aliphatic rings. The van der Waals surface area contributed by atoms with E-state index in [0.29, 0.717) is 25.5 Å². The molecule has 0 spiro atoms. The lowest BCUT2D eigenvalue weighted by molar-refractivity contribution is -0.135. The van der Waals surface area contributed by atoms with Crippen molar-refractivity contribution in [1.29, 1.82) is 0 Å². The molecule has 1 aromatic carbocycles. The third-order valence-corrected chi connectivity index (χ3v) is 4.23. The van der Waals surface area contributed by atoms with Crippen molar-refractivity contribution in [2.75, 3.05) is 20.3 Å². The summed E-state index contributed by atoms with van der Waals surface area (Å²) in [6.45, 7) is 3.30. The molecule has 2 N–H and O–H groups in total. The van der Waals surface area contributed by atoms with Crippen LogP contribution in [0.1, 0.15) is 25.3 Å². The molecule has 0 aliphatic heterocycles. The predicted molar refractivity (Wildman–Crippen MR) is 83.9 cm³/mol. The van der Waals surface area contributed by atoms with E-state index in [2.05, 4.69) is 6.92 Å². The van der Waals surface area contributed by atoms with Gasteiger partial charge in [-0.2, -0.15) is 0 Å². The van der Waals surface area contributed by atoms with E-state index in [-0.39, 0.29) is 11.9 Å². The molecular weight excluding hydrogens is 264 g/mol. The minimum atomic E-state index is -0.481. The summed E-state index contributed by atoms with van der Waals surface area (Å²) in [5.41, 5.74) is 7.25. The third-order valence-electron chi connectivity index (χ3n) is 4.23. The van der Waals surface area contributed by atoms with Crippen LogP contribution in [0.2, 0.25) is 0 Å². The van der Waals surface area contributed by atoms with Crippen LogP contribution in [0, 0.1) is 5.92 Å². The molecule has 0 bridgehead atoms. The largest absolute Gasteiger partial charge is 0.383 e. The molecular formula is C17H26N2O2. The first-order chi connectivity index (χ1) is 10.1. The highest BCUT2D eigenvalue weighted by molar-refractivity contribution is 5.82. The highest BCUT2D eigenvalue weighted by Gasteiger charge is 2.35. The summed E-state index contributed by atoms with van der Waals surface area (Å²) >= 11 is 0. The standard InChI is InChI=1S/C17H26N2O2/c1-13(15-8-9-15)19(10-11-21-2)17(20)16(18)12-14-6-4-3-5-7-14/h3-7,13,15-16H,8-12,18H2,1-2H3/t13?,16-/m0/s1. The fourth-order valence-corrected chi connectivity index (χ4v) is 2.71. The highest BCUT2D eigenvalue weighted by atomic mass is 16.5. The van der Waals surface area contributed by atoms with E-state index in [4.69, 9.17) is 10.5 Å². The number of rotatable bonds is 8. The second-order valence-corrected chi connectivity index (χ2v) is 5.90. The zero-order valence-electron chi connectivity index (χ0n) is 13.0. The van der Waals surface area contributed by atoms with Gasteiger partial charge in [0.15, 0.2) is 0 Å². The molecule has 2 rings (SSSR count). The molecule has 116 valence electrons. The average Bonchev–Trinajstić information content (AvgIpc) is 3.32. The van der Waals surface area contributed by atoms with Gasteiger partial charge in [-0.15, -0.1) is 0 Å². The first-order valence-electron chi connectivity index (χ1n) is 7.72. The Labute approximate surface area is 127 Å². The van der Waals surface area contributed by atoms with Gasteiger partial charge in [-0.25, -0.2) is 0 Å². The van der Waals surface area contributed by atoms with Gasteiger partial charge in [-0.1, -0.05) is 30.3 Å². The second-order valence-electron chi connectivity index (χ2n) is 5.90. The summed E-state index contributed by atoms with van der Waals surface area (Å²) in [4.78, 5) is 14.6. The van der Waals surface area contributed by atoms with E-state index in [9.17, 15) is 4.79 Å². The van der Waals surface area contributed by atoms with Crippen LogP contribution >= 0.6 is 0 Å². The Morgan fingerprint density at radius 2 is 2.05 bits per heavy atom. The summed E-state index contributed by atoms with van der Waals surface area (Å²) in [7, 11) is 1.66. The van der Waals surface area contributed by atoms with E-state index in [1.165, 1.54) is 12.8 Å². The minimum absolute atomic E-state index is 0.0373. The second kappa shape index (κ2) is 7.57. The summed E-state index contributed by atoms with van der Waals surface area (Å²) < 4.78 is 5.14. The molecule has 4 heteroatoms. The number of hydrogen-bond acceptors (Lipinski definition) is 3. The number of carbonyl (C=O) groups is 1. The molecule has 0 saturated heterocycles. The molecule has 4 nitrogen and oxygen atoms in total. The van der Waals surface area contributed by atoms with Gasteiger partial charge in [0.25, 0.3) is 0 Å². The van der Waals surface area contributed by atoms with Crippen molar-refractivity contribution in [3.8, 4) is 0 Å². The highest BCUT2D eigenvalue weighted by Crippen LogP contribution is 2.35. The lowest BCUT2D eigenvalue weighted by Crippen LogP contribution is -2.50. The molecule has 0 aromatic heterocycles. The predicted octanol–water partition coefficient (Wildman–Crippen LogP) is 1.83. The van der Waals surface area contributed by atoms with Crippen LogP contribution in [0.4, 0.5) is 0 Å². The minimum Gasteiger partial charge on any atom is -0.383 e. The summed E-state index contributed by atoms with van der Waals surface area (Å²) in [6.07, 6.45) is 3.01. The average molecular weight is 290 g/mol. The normalized spacial score (nSPS) is 17.3. The topological polar surface area (TPSA) is 55.6 Å². The van der Waals surface area contributed by atoms with Crippen LogP contribution in [0.15, 0.2) is 30.3 Å². The number of hydrogen-bond donors (Lipinski definition) is 1. The Morgan fingerprint density at radius 1 is 1.38 bits per heavy atom. The maximum absolute atomic E-state index is 12.7. The van der Waals surface area contributed by atoms with Crippen LogP contribution < -0.4 is 5.73 Å². The van der Waals surface area contributed by atoms with Gasteiger partial charge in [-0.3, -0.25) is 4.79 Å². The monoisotopic (exact) mass is 290 g/mol. The lowest BCUT2D eigenvalue weighted by Gasteiger charge is -2.31. The Morgan fingerprint density at radius 3 is 2.62 bits per heavy atom. The summed E-state index contributed by atoms with van der Waals surface area (Å²) in [6, 6.07) is 9.72. The third kappa shape index (κ3) is 4.55. The maximum Gasteiger partial charge on any atom is 0.240 e. The van der Waals surface area contributed by atoms with Gasteiger partial charge in [-0.05, 0) is 37.7 Å². The van der Waals surface area contributed by atoms with Crippen LogP contribution in [0.3, 0.4) is 0 Å². The first-order valence-corrected chi connectivity index (χ1v) is 7.72. The molecule has 1 amide bonds. The van der Waals surface area contributed by atoms with Gasteiger partial charge in [0.2, 0.25) is 5.91 Å². The van der Waals surface area contributed by atoms with Crippen LogP contribution in [-0.2, 0) is 16.0 Å². The fraction of sp³-hybridized carbons (Fsp3) is 0.588. The number of carbonyl (C=O) groups excluding carboxylic acids is 1. The smallest absolute Gasteiger partial charge is 0.240 e. The van der Waals surface area contributed by atoms with Crippen LogP contribution in [0.5, 0.6) is 0 Å². The Hall–Kier alpha value is -1.39. The van der Waals surface area contributed by atoms with Gasteiger partial charge in [0, 0.05) is 19.7 Å². The van der Waals surface area contributed by atoms with Crippen LogP contribution in [-0.4, -0.2) is 43.2 Å². The van der Waals surface area contributed by atoms with Gasteiger partial charge in [0.05, 0.1) is 12.6 Å². The Balaban J connectivity index is 1.98. The number of benzene rings is 1. The molecule has 21 heavy (non-hydrogen) atoms. The quantitative estimate of drug-likeness (QED) is 0.794. The molecule has 1 aliphatic carbocycles. The summed E-state index contributed by atoms with van der Waals surface area (Å²) in [5, 5.41) is 0. The van der Waals surface area contributed by atoms with Gasteiger partial charge >= 0.3 is 0 Å². The van der Waals surface area contributed by atoms with Gasteiger partial charge < -0.3 is 15.4 Å². The molecule has 1 fully saturated rings. The van der Waals surface area contributed by atoms with Crippen molar-refractivity contribution in [2.24, 2.45) is 11.7 Å². The van der Waals surface area contributed by atoms with Gasteiger partial charge in [0.1, 0.15) is 0 Å². The maximum atomic E-state index is 12.7. The molecule has 0 radical (unpaired) electrons. The molecule has 1 aromatic rings. The molecule has 1 unspecified atom stereocenters. The van der Waals surface area contributed by atoms with Crippen molar-refractivity contribution in [3.05, 3.63) is 35.9 Å². The Bertz CT molecular complexity index is 445. The van der Waals surface area contributed by atoms with E-state index in [1.54, 1.807) is 7.11 Å². The van der Waals surface area contributed by atoms with E-state index >= 15 is 0 Å². The number of nitrogens with zero attached hydrogens (tertiary/aromatic N) is 1. The van der Waals surface area contributed by atoms with E-state index in [0.717, 1.165) is 5.56 Å². The van der Waals surface area contributed by atoms with Crippen molar-refractivity contribution < 1.29 is 9.53 Å². The summed E-state index contributed by atoms with van der Waals surface area (Å²) in [5.74, 6) is 0.671. The number of methoxy groups -OCH3 is 1. The fourth-order valence-electron chi connectivity index (χ4n) is 2.71. The zero-order valence-corrected chi connectivity index (χ0v) is 13.0. The lowest BCUT2D eigenvalue weighted by atomic mass is 10.0. The Kier molecular flexibility index (Phi) is 5.76.